The quantitative estimate of drug-likeness (QED) is 0.851. The van der Waals surface area contributed by atoms with Crippen LogP contribution in [-0.4, -0.2) is 32.9 Å². The van der Waals surface area contributed by atoms with Crippen molar-refractivity contribution in [1.82, 2.24) is 5.32 Å². The van der Waals surface area contributed by atoms with Crippen molar-refractivity contribution < 1.29 is 19.0 Å². The van der Waals surface area contributed by atoms with Crippen molar-refractivity contribution in [3.05, 3.63) is 46.5 Å². The van der Waals surface area contributed by atoms with E-state index in [1.54, 1.807) is 19.2 Å². The summed E-state index contributed by atoms with van der Waals surface area (Å²) in [4.78, 5) is 12.4. The number of urea groups is 1. The molecular weight excluding hydrogens is 356 g/mol. The number of hydrogen-bond donors (Lipinski definition) is 2. The molecule has 138 valence electrons. The number of halogens is 1. The Kier molecular flexibility index (Phi) is 5.42. The molecule has 0 bridgehead atoms. The molecule has 1 unspecified atom stereocenters. The summed E-state index contributed by atoms with van der Waals surface area (Å²) < 4.78 is 16.2. The first kappa shape index (κ1) is 18.2. The summed E-state index contributed by atoms with van der Waals surface area (Å²) in [6.07, 6.45) is 0.663. The number of carbonyl (C=O) groups is 1. The third kappa shape index (κ3) is 3.96. The molecule has 0 spiro atoms. The van der Waals surface area contributed by atoms with Crippen molar-refractivity contribution in [2.24, 2.45) is 0 Å². The van der Waals surface area contributed by atoms with Crippen LogP contribution in [0.5, 0.6) is 17.2 Å². The summed E-state index contributed by atoms with van der Waals surface area (Å²) in [5.41, 5.74) is 2.41. The highest BCUT2D eigenvalue weighted by atomic mass is 35.5. The van der Waals surface area contributed by atoms with Crippen LogP contribution in [0.25, 0.3) is 0 Å². The molecule has 1 aliphatic heterocycles. The lowest BCUT2D eigenvalue weighted by atomic mass is 10.0. The molecular formula is C19H21ClN2O4. The van der Waals surface area contributed by atoms with Crippen LogP contribution >= 0.6 is 11.6 Å². The molecule has 2 N–H and O–H groups in total. The second-order valence-corrected chi connectivity index (χ2v) is 6.49. The van der Waals surface area contributed by atoms with Gasteiger partial charge in [0, 0.05) is 11.1 Å². The monoisotopic (exact) mass is 376 g/mol. The fraction of sp³-hybridized carbons (Fsp3) is 0.316. The van der Waals surface area contributed by atoms with Gasteiger partial charge < -0.3 is 24.8 Å². The van der Waals surface area contributed by atoms with Crippen molar-refractivity contribution >= 4 is 23.3 Å². The minimum absolute atomic E-state index is 0.144. The number of rotatable bonds is 4. The second kappa shape index (κ2) is 7.74. The molecule has 2 aromatic carbocycles. The van der Waals surface area contributed by atoms with E-state index < -0.39 is 0 Å². The van der Waals surface area contributed by atoms with E-state index in [0.717, 1.165) is 22.6 Å². The number of hydrogen-bond acceptors (Lipinski definition) is 4. The van der Waals surface area contributed by atoms with Crippen molar-refractivity contribution in [2.45, 2.75) is 19.4 Å². The van der Waals surface area contributed by atoms with Gasteiger partial charge in [0.05, 0.1) is 25.9 Å². The van der Waals surface area contributed by atoms with Crippen LogP contribution in [0.3, 0.4) is 0 Å². The standard InChI is InChI=1S/C19H21ClN2O4/c1-11-6-16(18(25-3)9-15(11)20)22-19(23)21-13-7-12-8-14(24-2)4-5-17(12)26-10-13/h4-6,8-9,13H,7,10H2,1-3H3,(H2,21,22,23). The van der Waals surface area contributed by atoms with Gasteiger partial charge in [-0.3, -0.25) is 0 Å². The lowest BCUT2D eigenvalue weighted by Gasteiger charge is -2.26. The van der Waals surface area contributed by atoms with Crippen molar-refractivity contribution in [1.29, 1.82) is 0 Å². The van der Waals surface area contributed by atoms with E-state index >= 15 is 0 Å². The van der Waals surface area contributed by atoms with Gasteiger partial charge in [0.25, 0.3) is 0 Å². The topological polar surface area (TPSA) is 68.8 Å². The van der Waals surface area contributed by atoms with E-state index in [1.165, 1.54) is 7.11 Å². The lowest BCUT2D eigenvalue weighted by molar-refractivity contribution is 0.222. The van der Waals surface area contributed by atoms with Crippen LogP contribution in [-0.2, 0) is 6.42 Å². The molecule has 0 radical (unpaired) electrons. The van der Waals surface area contributed by atoms with Gasteiger partial charge in [0.2, 0.25) is 0 Å². The Hall–Kier alpha value is -2.60. The average Bonchev–Trinajstić information content (AvgIpc) is 2.63. The molecule has 7 heteroatoms. The van der Waals surface area contributed by atoms with Gasteiger partial charge in [-0.1, -0.05) is 11.6 Å². The molecule has 1 aliphatic rings. The number of anilines is 1. The fourth-order valence-electron chi connectivity index (χ4n) is 2.86. The molecule has 2 aromatic rings. The molecule has 0 saturated carbocycles. The predicted octanol–water partition coefficient (Wildman–Crippen LogP) is 3.79. The maximum atomic E-state index is 12.4. The van der Waals surface area contributed by atoms with Gasteiger partial charge in [0.15, 0.2) is 0 Å². The number of ether oxygens (including phenoxy) is 3. The Labute approximate surface area is 157 Å². The van der Waals surface area contributed by atoms with E-state index in [0.29, 0.717) is 29.5 Å². The molecule has 1 atom stereocenters. The molecule has 0 fully saturated rings. The fourth-order valence-corrected chi connectivity index (χ4v) is 3.02. The number of fused-ring (bicyclic) bond motifs is 1. The SMILES string of the molecule is COc1ccc2c(c1)CC(NC(=O)Nc1cc(C)c(Cl)cc1OC)CO2. The number of nitrogens with one attached hydrogen (secondary N) is 2. The largest absolute Gasteiger partial charge is 0.497 e. The van der Waals surface area contributed by atoms with E-state index in [2.05, 4.69) is 10.6 Å². The third-order valence-corrected chi connectivity index (χ3v) is 4.65. The summed E-state index contributed by atoms with van der Waals surface area (Å²) in [5, 5.41) is 6.32. The van der Waals surface area contributed by atoms with Gasteiger partial charge in [0.1, 0.15) is 23.9 Å². The molecule has 0 saturated heterocycles. The highest BCUT2D eigenvalue weighted by molar-refractivity contribution is 6.31. The van der Waals surface area contributed by atoms with Crippen LogP contribution in [0.1, 0.15) is 11.1 Å². The van der Waals surface area contributed by atoms with E-state index in [9.17, 15) is 4.79 Å². The van der Waals surface area contributed by atoms with Gasteiger partial charge in [-0.25, -0.2) is 4.79 Å². The molecule has 3 rings (SSSR count). The number of methoxy groups -OCH3 is 2. The van der Waals surface area contributed by atoms with Crippen LogP contribution in [0.15, 0.2) is 30.3 Å². The zero-order chi connectivity index (χ0) is 18.7. The Morgan fingerprint density at radius 1 is 1.23 bits per heavy atom. The summed E-state index contributed by atoms with van der Waals surface area (Å²) in [5.74, 6) is 2.09. The van der Waals surface area contributed by atoms with Crippen LogP contribution < -0.4 is 24.8 Å². The molecule has 6 nitrogen and oxygen atoms in total. The first-order chi connectivity index (χ1) is 12.5. The number of benzene rings is 2. The molecule has 1 heterocycles. The van der Waals surface area contributed by atoms with Crippen LogP contribution in [0, 0.1) is 6.92 Å². The summed E-state index contributed by atoms with van der Waals surface area (Å²) in [7, 11) is 3.15. The van der Waals surface area contributed by atoms with Crippen LogP contribution in [0.2, 0.25) is 5.02 Å². The highest BCUT2D eigenvalue weighted by Crippen LogP contribution is 2.31. The lowest BCUT2D eigenvalue weighted by Crippen LogP contribution is -2.44. The third-order valence-electron chi connectivity index (χ3n) is 4.24. The van der Waals surface area contributed by atoms with Crippen molar-refractivity contribution in [3.8, 4) is 17.2 Å². The summed E-state index contributed by atoms with van der Waals surface area (Å²) in [6.45, 7) is 2.27. The number of amides is 2. The van der Waals surface area contributed by atoms with Gasteiger partial charge >= 0.3 is 6.03 Å². The molecule has 26 heavy (non-hydrogen) atoms. The van der Waals surface area contributed by atoms with Crippen molar-refractivity contribution in [3.63, 3.8) is 0 Å². The Morgan fingerprint density at radius 3 is 2.77 bits per heavy atom. The molecule has 0 aliphatic carbocycles. The first-order valence-corrected chi connectivity index (χ1v) is 8.59. The number of carbonyl (C=O) groups excluding carboxylic acids is 1. The van der Waals surface area contributed by atoms with Gasteiger partial charge in [-0.2, -0.15) is 0 Å². The normalized spacial score (nSPS) is 15.5. The Balaban J connectivity index is 1.66. The van der Waals surface area contributed by atoms with Crippen molar-refractivity contribution in [2.75, 3.05) is 26.1 Å². The first-order valence-electron chi connectivity index (χ1n) is 8.21. The molecule has 2 amide bonds. The highest BCUT2D eigenvalue weighted by Gasteiger charge is 2.22. The van der Waals surface area contributed by atoms with E-state index in [4.69, 9.17) is 25.8 Å². The predicted molar refractivity (Wildman–Crippen MR) is 101 cm³/mol. The maximum Gasteiger partial charge on any atom is 0.319 e. The Bertz CT molecular complexity index is 825. The molecule has 0 aromatic heterocycles. The van der Waals surface area contributed by atoms with E-state index in [1.807, 2.05) is 25.1 Å². The average molecular weight is 377 g/mol. The zero-order valence-corrected chi connectivity index (χ0v) is 15.6. The zero-order valence-electron chi connectivity index (χ0n) is 14.9. The summed E-state index contributed by atoms with van der Waals surface area (Å²) >= 11 is 6.09. The summed E-state index contributed by atoms with van der Waals surface area (Å²) in [6, 6.07) is 8.64. The minimum Gasteiger partial charge on any atom is -0.497 e. The van der Waals surface area contributed by atoms with Crippen LogP contribution in [0.4, 0.5) is 10.5 Å². The smallest absolute Gasteiger partial charge is 0.319 e. The number of aryl methyl sites for hydroxylation is 1. The Morgan fingerprint density at radius 2 is 2.04 bits per heavy atom. The maximum absolute atomic E-state index is 12.4. The van der Waals surface area contributed by atoms with Gasteiger partial charge in [-0.05, 0) is 48.7 Å². The van der Waals surface area contributed by atoms with Gasteiger partial charge in [-0.15, -0.1) is 0 Å². The second-order valence-electron chi connectivity index (χ2n) is 6.09. The van der Waals surface area contributed by atoms with E-state index in [-0.39, 0.29) is 12.1 Å². The minimum atomic E-state index is -0.329.